The van der Waals surface area contributed by atoms with Gasteiger partial charge in [-0.05, 0) is 19.2 Å². The molecule has 4 rings (SSSR count). The molecule has 0 unspecified atom stereocenters. The van der Waals surface area contributed by atoms with Crippen LogP contribution in [0.2, 0.25) is 0 Å². The first-order valence-electron chi connectivity index (χ1n) is 9.33. The fourth-order valence-electron chi connectivity index (χ4n) is 3.27. The number of benzene rings is 1. The quantitative estimate of drug-likeness (QED) is 0.641. The molecule has 1 aliphatic rings. The highest BCUT2D eigenvalue weighted by Gasteiger charge is 2.17. The Labute approximate surface area is 181 Å². The second kappa shape index (κ2) is 9.43. The highest BCUT2D eigenvalue weighted by atomic mass is 35.5. The van der Waals surface area contributed by atoms with Crippen LogP contribution in [0.3, 0.4) is 0 Å². The number of hydrogen-bond donors (Lipinski definition) is 2. The molecule has 156 valence electrons. The van der Waals surface area contributed by atoms with Crippen molar-refractivity contribution in [1.82, 2.24) is 25.1 Å². The van der Waals surface area contributed by atoms with E-state index in [0.717, 1.165) is 48.9 Å². The van der Waals surface area contributed by atoms with Crippen LogP contribution in [0.4, 0.5) is 17.3 Å². The molecular weight excluding hydrogens is 404 g/mol. The van der Waals surface area contributed by atoms with Crippen molar-refractivity contribution in [2.45, 2.75) is 0 Å². The Morgan fingerprint density at radius 2 is 1.90 bits per heavy atom. The molecule has 0 radical (unpaired) electrons. The van der Waals surface area contributed by atoms with Crippen molar-refractivity contribution in [2.24, 2.45) is 0 Å². The van der Waals surface area contributed by atoms with Gasteiger partial charge in [0.05, 0.1) is 25.2 Å². The molecule has 1 aromatic carbocycles. The lowest BCUT2D eigenvalue weighted by Gasteiger charge is -2.34. The minimum Gasteiger partial charge on any atom is -0.496 e. The molecule has 0 bridgehead atoms. The number of rotatable bonds is 5. The Morgan fingerprint density at radius 1 is 1.10 bits per heavy atom. The largest absolute Gasteiger partial charge is 0.496 e. The second-order valence-corrected chi connectivity index (χ2v) is 6.87. The average Bonchev–Trinajstić information content (AvgIpc) is 3.22. The maximum absolute atomic E-state index is 8.80. The van der Waals surface area contributed by atoms with Gasteiger partial charge in [0.1, 0.15) is 17.6 Å². The normalized spacial score (nSPS) is 14.0. The number of H-pyrrole nitrogens is 1. The smallest absolute Gasteiger partial charge is 0.158 e. The molecule has 1 fully saturated rings. The van der Waals surface area contributed by atoms with Crippen LogP contribution in [0.1, 0.15) is 5.69 Å². The third-order valence-corrected chi connectivity index (χ3v) is 4.94. The summed E-state index contributed by atoms with van der Waals surface area (Å²) in [6, 6.07) is 10.1. The zero-order valence-corrected chi connectivity index (χ0v) is 17.6. The number of piperazine rings is 1. The molecule has 9 nitrogen and oxygen atoms in total. The molecule has 2 aromatic heterocycles. The van der Waals surface area contributed by atoms with E-state index in [9.17, 15) is 0 Å². The third kappa shape index (κ3) is 4.62. The highest BCUT2D eigenvalue weighted by molar-refractivity contribution is 5.85. The number of nitrogens with zero attached hydrogens (tertiary/aromatic N) is 6. The Morgan fingerprint density at radius 3 is 2.57 bits per heavy atom. The number of methoxy groups -OCH3 is 1. The van der Waals surface area contributed by atoms with Gasteiger partial charge in [-0.3, -0.25) is 5.10 Å². The molecule has 30 heavy (non-hydrogen) atoms. The number of aromatic amines is 1. The van der Waals surface area contributed by atoms with Gasteiger partial charge in [-0.25, -0.2) is 9.97 Å². The lowest BCUT2D eigenvalue weighted by molar-refractivity contribution is 0.312. The van der Waals surface area contributed by atoms with Crippen LogP contribution in [0.25, 0.3) is 11.3 Å². The van der Waals surface area contributed by atoms with Crippen molar-refractivity contribution in [3.8, 4) is 23.1 Å². The number of ether oxygens (including phenoxy) is 1. The number of nitriles is 1. The van der Waals surface area contributed by atoms with Crippen LogP contribution < -0.4 is 15.0 Å². The zero-order valence-electron chi connectivity index (χ0n) is 16.8. The summed E-state index contributed by atoms with van der Waals surface area (Å²) in [7, 11) is 3.82. The van der Waals surface area contributed by atoms with Gasteiger partial charge >= 0.3 is 0 Å². The van der Waals surface area contributed by atoms with Crippen LogP contribution in [0, 0.1) is 11.3 Å². The monoisotopic (exact) mass is 426 g/mol. The molecule has 0 amide bonds. The summed E-state index contributed by atoms with van der Waals surface area (Å²) in [6.07, 6.45) is 2.91. The summed E-state index contributed by atoms with van der Waals surface area (Å²) >= 11 is 0. The summed E-state index contributed by atoms with van der Waals surface area (Å²) in [5.74, 6) is 1.90. The van der Waals surface area contributed by atoms with E-state index in [4.69, 9.17) is 10.00 Å². The van der Waals surface area contributed by atoms with Crippen LogP contribution in [0.5, 0.6) is 5.75 Å². The van der Waals surface area contributed by atoms with Crippen molar-refractivity contribution < 1.29 is 4.74 Å². The second-order valence-electron chi connectivity index (χ2n) is 6.87. The van der Waals surface area contributed by atoms with Crippen LogP contribution in [-0.2, 0) is 0 Å². The SMILES string of the molecule is COc1cc(N2CCN(C)CC2)ccc1-c1cc(Nc2cnc(C#N)cn2)n[nH]1.Cl. The maximum atomic E-state index is 8.80. The van der Waals surface area contributed by atoms with Crippen LogP contribution in [0.15, 0.2) is 36.7 Å². The molecule has 3 aromatic rings. The Kier molecular flexibility index (Phi) is 6.72. The molecule has 1 aliphatic heterocycles. The molecule has 0 spiro atoms. The Balaban J connectivity index is 0.00000256. The summed E-state index contributed by atoms with van der Waals surface area (Å²) in [6.45, 7) is 4.11. The maximum Gasteiger partial charge on any atom is 0.158 e. The van der Waals surface area contributed by atoms with Gasteiger partial charge in [-0.2, -0.15) is 10.4 Å². The summed E-state index contributed by atoms with van der Waals surface area (Å²) in [5.41, 5.74) is 3.18. The van der Waals surface area contributed by atoms with E-state index in [-0.39, 0.29) is 18.1 Å². The number of likely N-dealkylation sites (N-methyl/N-ethyl adjacent to an activating group) is 1. The van der Waals surface area contributed by atoms with Crippen molar-refractivity contribution in [3.05, 3.63) is 42.4 Å². The van der Waals surface area contributed by atoms with Crippen LogP contribution in [-0.4, -0.2) is 65.4 Å². The van der Waals surface area contributed by atoms with Gasteiger partial charge in [0.15, 0.2) is 11.5 Å². The zero-order chi connectivity index (χ0) is 20.2. The summed E-state index contributed by atoms with van der Waals surface area (Å²) in [5, 5.41) is 19.2. The molecule has 0 aliphatic carbocycles. The van der Waals surface area contributed by atoms with Gasteiger partial charge in [-0.15, -0.1) is 12.4 Å². The van der Waals surface area contributed by atoms with Crippen molar-refractivity contribution >= 4 is 29.7 Å². The first-order valence-corrected chi connectivity index (χ1v) is 9.33. The molecule has 3 heterocycles. The van der Waals surface area contributed by atoms with Crippen molar-refractivity contribution in [1.29, 1.82) is 5.26 Å². The van der Waals surface area contributed by atoms with E-state index < -0.39 is 0 Å². The predicted octanol–water partition coefficient (Wildman–Crippen LogP) is 2.66. The fraction of sp³-hybridized carbons (Fsp3) is 0.300. The van der Waals surface area contributed by atoms with Crippen molar-refractivity contribution in [2.75, 3.05) is 50.6 Å². The minimum atomic E-state index is 0. The van der Waals surface area contributed by atoms with E-state index >= 15 is 0 Å². The number of hydrogen-bond acceptors (Lipinski definition) is 8. The average molecular weight is 427 g/mol. The predicted molar refractivity (Wildman–Crippen MR) is 118 cm³/mol. The number of nitrogens with one attached hydrogen (secondary N) is 2. The van der Waals surface area contributed by atoms with Crippen molar-refractivity contribution in [3.63, 3.8) is 0 Å². The molecule has 2 N–H and O–H groups in total. The topological polar surface area (TPSA) is 106 Å². The standard InChI is InChI=1S/C20H22N8O.ClH/c1-27-5-7-28(8-6-27)15-3-4-16(18(9-15)29-2)17-10-19(26-25-17)24-20-13-22-14(11-21)12-23-20;/h3-4,9-10,12-13H,5-8H2,1-2H3,(H2,23,24,25,26);1H. The third-order valence-electron chi connectivity index (χ3n) is 4.94. The summed E-state index contributed by atoms with van der Waals surface area (Å²) < 4.78 is 5.65. The van der Waals surface area contributed by atoms with Crippen LogP contribution >= 0.6 is 12.4 Å². The first-order chi connectivity index (χ1) is 14.2. The molecule has 10 heteroatoms. The molecule has 1 saturated heterocycles. The van der Waals surface area contributed by atoms with Gasteiger partial charge in [0.25, 0.3) is 0 Å². The van der Waals surface area contributed by atoms with Gasteiger partial charge in [-0.1, -0.05) is 0 Å². The number of aromatic nitrogens is 4. The molecule has 0 saturated carbocycles. The Hall–Kier alpha value is -3.35. The first kappa shape index (κ1) is 21.4. The van der Waals surface area contributed by atoms with E-state index in [1.54, 1.807) is 7.11 Å². The van der Waals surface area contributed by atoms with E-state index in [1.807, 2.05) is 18.2 Å². The van der Waals surface area contributed by atoms with Gasteiger partial charge < -0.3 is 19.9 Å². The lowest BCUT2D eigenvalue weighted by Crippen LogP contribution is -2.44. The van der Waals surface area contributed by atoms with E-state index in [2.05, 4.69) is 54.5 Å². The lowest BCUT2D eigenvalue weighted by atomic mass is 10.1. The van der Waals surface area contributed by atoms with E-state index in [1.165, 1.54) is 12.4 Å². The number of halogens is 1. The number of anilines is 3. The van der Waals surface area contributed by atoms with E-state index in [0.29, 0.717) is 11.6 Å². The Bertz CT molecular complexity index is 1020. The minimum absolute atomic E-state index is 0. The fourth-order valence-corrected chi connectivity index (χ4v) is 3.27. The highest BCUT2D eigenvalue weighted by Crippen LogP contribution is 2.34. The van der Waals surface area contributed by atoms with Gasteiger partial charge in [0, 0.05) is 49.6 Å². The molecular formula is C20H23ClN8O. The van der Waals surface area contributed by atoms with Gasteiger partial charge in [0.2, 0.25) is 0 Å². The molecule has 0 atom stereocenters. The summed E-state index contributed by atoms with van der Waals surface area (Å²) in [4.78, 5) is 12.8.